The molecule has 0 aliphatic carbocycles. The summed E-state index contributed by atoms with van der Waals surface area (Å²) in [7, 11) is 3.58. The van der Waals surface area contributed by atoms with Crippen LogP contribution in [0.25, 0.3) is 0 Å². The lowest BCUT2D eigenvalue weighted by Gasteiger charge is -2.35. The summed E-state index contributed by atoms with van der Waals surface area (Å²) in [5, 5.41) is 16.1. The van der Waals surface area contributed by atoms with Crippen molar-refractivity contribution in [1.82, 2.24) is 34.8 Å². The predicted octanol–water partition coefficient (Wildman–Crippen LogP) is -0.228. The van der Waals surface area contributed by atoms with Gasteiger partial charge in [0.2, 0.25) is 5.91 Å². The van der Waals surface area contributed by atoms with Crippen LogP contribution in [0, 0.1) is 0 Å². The van der Waals surface area contributed by atoms with Gasteiger partial charge in [-0.15, -0.1) is 10.2 Å². The molecule has 10 nitrogen and oxygen atoms in total. The van der Waals surface area contributed by atoms with Gasteiger partial charge in [0, 0.05) is 46.3 Å². The van der Waals surface area contributed by atoms with Gasteiger partial charge in [0.05, 0.1) is 18.4 Å². The fraction of sp³-hybridized carbons (Fsp3) is 0.588. The number of guanidine groups is 1. The lowest BCUT2D eigenvalue weighted by atomic mass is 10.2. The second-order valence-corrected chi connectivity index (χ2v) is 6.88. The van der Waals surface area contributed by atoms with Gasteiger partial charge >= 0.3 is 0 Å². The molecular weight excluding hydrogens is 346 g/mol. The smallest absolute Gasteiger partial charge is 0.246 e. The van der Waals surface area contributed by atoms with E-state index in [2.05, 4.69) is 30.2 Å². The lowest BCUT2D eigenvalue weighted by molar-refractivity contribution is -0.120. The Morgan fingerprint density at radius 1 is 1.26 bits per heavy atom. The minimum atomic E-state index is 0.0389. The van der Waals surface area contributed by atoms with Crippen molar-refractivity contribution >= 4 is 17.6 Å². The fourth-order valence-electron chi connectivity index (χ4n) is 3.66. The number of fused-ring (bicyclic) bond motifs is 1. The maximum atomic E-state index is 12.6. The molecular formula is C17H25N9O. The van der Waals surface area contributed by atoms with Crippen molar-refractivity contribution in [2.75, 3.05) is 31.6 Å². The van der Waals surface area contributed by atoms with Crippen molar-refractivity contribution in [3.8, 4) is 0 Å². The monoisotopic (exact) mass is 371 g/mol. The van der Waals surface area contributed by atoms with E-state index in [1.807, 2.05) is 18.1 Å². The van der Waals surface area contributed by atoms with Gasteiger partial charge in [-0.25, -0.2) is 0 Å². The van der Waals surface area contributed by atoms with Crippen LogP contribution in [0.1, 0.15) is 24.5 Å². The molecule has 0 atom stereocenters. The Hall–Kier alpha value is -2.91. The van der Waals surface area contributed by atoms with Crippen molar-refractivity contribution in [2.24, 2.45) is 12.0 Å². The number of nitrogens with one attached hydrogen (secondary N) is 1. The summed E-state index contributed by atoms with van der Waals surface area (Å²) < 4.78 is 3.89. The van der Waals surface area contributed by atoms with Gasteiger partial charge in [0.25, 0.3) is 0 Å². The van der Waals surface area contributed by atoms with E-state index in [-0.39, 0.29) is 12.5 Å². The van der Waals surface area contributed by atoms with E-state index in [9.17, 15) is 4.79 Å². The van der Waals surface area contributed by atoms with E-state index in [4.69, 9.17) is 0 Å². The van der Waals surface area contributed by atoms with Gasteiger partial charge in [-0.3, -0.25) is 14.5 Å². The molecule has 1 amide bonds. The number of anilines is 1. The molecule has 0 unspecified atom stereocenters. The molecule has 1 saturated heterocycles. The van der Waals surface area contributed by atoms with Gasteiger partial charge < -0.3 is 19.7 Å². The number of nitrogens with zero attached hydrogens (tertiary/aromatic N) is 8. The topological polar surface area (TPSA) is 96.5 Å². The number of aromatic nitrogens is 5. The van der Waals surface area contributed by atoms with Gasteiger partial charge in [0.15, 0.2) is 11.8 Å². The summed E-state index contributed by atoms with van der Waals surface area (Å²) in [6, 6.07) is 0. The maximum Gasteiger partial charge on any atom is 0.246 e. The molecule has 0 aromatic carbocycles. The zero-order valence-electron chi connectivity index (χ0n) is 15.8. The average molecular weight is 371 g/mol. The highest BCUT2D eigenvalue weighted by Gasteiger charge is 2.28. The van der Waals surface area contributed by atoms with Crippen molar-refractivity contribution < 1.29 is 4.79 Å². The Labute approximate surface area is 157 Å². The quantitative estimate of drug-likeness (QED) is 0.592. The van der Waals surface area contributed by atoms with Crippen LogP contribution in [0.4, 0.5) is 5.69 Å². The van der Waals surface area contributed by atoms with Crippen LogP contribution in [0.5, 0.6) is 0 Å². The third-order valence-corrected chi connectivity index (χ3v) is 5.08. The highest BCUT2D eigenvalue weighted by Crippen LogP contribution is 2.17. The summed E-state index contributed by atoms with van der Waals surface area (Å²) in [5.74, 6) is 2.74. The second kappa shape index (κ2) is 7.37. The largest absolute Gasteiger partial charge is 0.349 e. The Kier molecular flexibility index (Phi) is 4.78. The molecule has 1 N–H and O–H groups in total. The Bertz CT molecular complexity index is 852. The average Bonchev–Trinajstić information content (AvgIpc) is 3.29. The molecule has 0 spiro atoms. The number of carbonyl (C=O) groups excluding carboxylic acids is 1. The Morgan fingerprint density at radius 3 is 2.89 bits per heavy atom. The van der Waals surface area contributed by atoms with E-state index in [0.717, 1.165) is 36.7 Å². The number of carbonyl (C=O) groups is 1. The number of amides is 1. The summed E-state index contributed by atoms with van der Waals surface area (Å²) >= 11 is 0. The zero-order chi connectivity index (χ0) is 18.8. The number of hydrogen-bond acceptors (Lipinski definition) is 5. The number of rotatable bonds is 3. The highest BCUT2D eigenvalue weighted by molar-refractivity contribution is 5.98. The molecule has 2 aromatic rings. The Balaban J connectivity index is 1.38. The zero-order valence-corrected chi connectivity index (χ0v) is 15.8. The van der Waals surface area contributed by atoms with E-state index in [1.54, 1.807) is 22.8 Å². The molecule has 0 radical (unpaired) electrons. The first-order chi connectivity index (χ1) is 13.2. The molecule has 2 aliphatic rings. The minimum Gasteiger partial charge on any atom is -0.349 e. The third-order valence-electron chi connectivity index (χ3n) is 5.08. The molecule has 4 rings (SSSR count). The third kappa shape index (κ3) is 3.51. The number of hydrogen-bond donors (Lipinski definition) is 1. The summed E-state index contributed by atoms with van der Waals surface area (Å²) in [4.78, 5) is 20.7. The van der Waals surface area contributed by atoms with Crippen LogP contribution in [-0.2, 0) is 31.4 Å². The van der Waals surface area contributed by atoms with E-state index in [0.29, 0.717) is 25.6 Å². The van der Waals surface area contributed by atoms with Gasteiger partial charge in [-0.2, -0.15) is 5.10 Å². The first kappa shape index (κ1) is 17.5. The van der Waals surface area contributed by atoms with Crippen LogP contribution in [-0.4, -0.2) is 68.0 Å². The SMILES string of the molecule is CN=C(NCc1nnc2n1CCCC2)N1CCN(c2cnn(C)c2)C(=O)C1. The Morgan fingerprint density at radius 2 is 2.15 bits per heavy atom. The van der Waals surface area contributed by atoms with Crippen LogP contribution in [0.3, 0.4) is 0 Å². The van der Waals surface area contributed by atoms with Crippen LogP contribution < -0.4 is 10.2 Å². The van der Waals surface area contributed by atoms with E-state index >= 15 is 0 Å². The van der Waals surface area contributed by atoms with Gasteiger partial charge in [0.1, 0.15) is 12.4 Å². The van der Waals surface area contributed by atoms with Gasteiger partial charge in [-0.1, -0.05) is 0 Å². The molecule has 2 aliphatic heterocycles. The first-order valence-electron chi connectivity index (χ1n) is 9.31. The molecule has 27 heavy (non-hydrogen) atoms. The van der Waals surface area contributed by atoms with Crippen molar-refractivity contribution in [2.45, 2.75) is 32.4 Å². The maximum absolute atomic E-state index is 12.6. The molecule has 0 bridgehead atoms. The molecule has 4 heterocycles. The summed E-state index contributed by atoms with van der Waals surface area (Å²) in [6.45, 7) is 3.12. The van der Waals surface area contributed by atoms with Gasteiger partial charge in [-0.05, 0) is 12.8 Å². The molecule has 0 saturated carbocycles. The molecule has 10 heteroatoms. The second-order valence-electron chi connectivity index (χ2n) is 6.88. The number of aryl methyl sites for hydroxylation is 2. The standard InChI is InChI=1S/C17H25N9O/c1-18-17(19-10-15-22-21-14-5-3-4-6-26(14)15)24-7-8-25(16(27)12-24)13-9-20-23(2)11-13/h9,11H,3-8,10,12H2,1-2H3,(H,18,19). The van der Waals surface area contributed by atoms with E-state index in [1.165, 1.54) is 6.42 Å². The normalized spacial score (nSPS) is 18.0. The summed E-state index contributed by atoms with van der Waals surface area (Å²) in [6.07, 6.45) is 6.91. The van der Waals surface area contributed by atoms with Crippen molar-refractivity contribution in [1.29, 1.82) is 0 Å². The molecule has 1 fully saturated rings. The fourth-order valence-corrected chi connectivity index (χ4v) is 3.66. The molecule has 2 aromatic heterocycles. The van der Waals surface area contributed by atoms with Crippen molar-refractivity contribution in [3.05, 3.63) is 24.0 Å². The van der Waals surface area contributed by atoms with Crippen molar-refractivity contribution in [3.63, 3.8) is 0 Å². The number of piperazine rings is 1. The van der Waals surface area contributed by atoms with Crippen LogP contribution in [0.15, 0.2) is 17.4 Å². The molecule has 144 valence electrons. The van der Waals surface area contributed by atoms with Crippen LogP contribution in [0.2, 0.25) is 0 Å². The van der Waals surface area contributed by atoms with E-state index < -0.39 is 0 Å². The number of aliphatic imine (C=N–C) groups is 1. The highest BCUT2D eigenvalue weighted by atomic mass is 16.2. The predicted molar refractivity (Wildman–Crippen MR) is 100 cm³/mol. The summed E-state index contributed by atoms with van der Waals surface area (Å²) in [5.41, 5.74) is 0.834. The lowest BCUT2D eigenvalue weighted by Crippen LogP contribution is -2.55. The first-order valence-corrected chi connectivity index (χ1v) is 9.31. The minimum absolute atomic E-state index is 0.0389. The van der Waals surface area contributed by atoms with Crippen LogP contribution >= 0.6 is 0 Å².